The van der Waals surface area contributed by atoms with Crippen LogP contribution in [0.15, 0.2) is 41.0 Å². The maximum Gasteiger partial charge on any atom is 0.281 e. The standard InChI is InChI=1S/C13H9N5O2/c1-8-2-4-9(5-3-8)17-14-13-11(18(17)19)7-6-10-12(13)16-20-15-10/h2-7H,1H3. The molecule has 98 valence electrons. The van der Waals surface area contributed by atoms with Crippen LogP contribution in [0.5, 0.6) is 0 Å². The van der Waals surface area contributed by atoms with Crippen molar-refractivity contribution < 1.29 is 9.47 Å². The maximum absolute atomic E-state index is 12.3. The molecule has 0 bridgehead atoms. The quantitative estimate of drug-likeness (QED) is 0.385. The van der Waals surface area contributed by atoms with E-state index in [0.717, 1.165) is 10.4 Å². The van der Waals surface area contributed by atoms with E-state index in [1.807, 2.05) is 31.2 Å². The fourth-order valence-electron chi connectivity index (χ4n) is 2.16. The average molecular weight is 267 g/mol. The largest absolute Gasteiger partial charge is 0.692 e. The van der Waals surface area contributed by atoms with Crippen molar-refractivity contribution in [2.45, 2.75) is 6.92 Å². The molecule has 0 radical (unpaired) electrons. The molecule has 0 aliphatic heterocycles. The molecule has 4 aromatic rings. The Kier molecular flexibility index (Phi) is 2.06. The van der Waals surface area contributed by atoms with E-state index in [2.05, 4.69) is 20.0 Å². The number of hydrogen-bond donors (Lipinski definition) is 0. The Morgan fingerprint density at radius 1 is 1.05 bits per heavy atom. The molecule has 0 aliphatic carbocycles. The summed E-state index contributed by atoms with van der Waals surface area (Å²) in [5.41, 5.74) is 3.76. The molecule has 20 heavy (non-hydrogen) atoms. The van der Waals surface area contributed by atoms with Crippen molar-refractivity contribution in [3.8, 4) is 5.69 Å². The van der Waals surface area contributed by atoms with E-state index in [0.29, 0.717) is 27.8 Å². The summed E-state index contributed by atoms with van der Waals surface area (Å²) < 4.78 is 4.68. The van der Waals surface area contributed by atoms with Crippen LogP contribution < -0.4 is 4.85 Å². The van der Waals surface area contributed by atoms with Gasteiger partial charge in [0.25, 0.3) is 5.52 Å². The third-order valence-electron chi connectivity index (χ3n) is 3.22. The van der Waals surface area contributed by atoms with Gasteiger partial charge in [0.15, 0.2) is 5.52 Å². The zero-order valence-corrected chi connectivity index (χ0v) is 10.5. The third kappa shape index (κ3) is 1.40. The van der Waals surface area contributed by atoms with Crippen molar-refractivity contribution in [3.63, 3.8) is 0 Å². The SMILES string of the molecule is Cc1ccc(-n2nc3c4nonc4ccc3[n+]2[O-])cc1. The van der Waals surface area contributed by atoms with Gasteiger partial charge in [0.2, 0.25) is 5.52 Å². The topological polar surface area (TPSA) is 83.7 Å². The molecule has 0 fully saturated rings. The van der Waals surface area contributed by atoms with E-state index in [-0.39, 0.29) is 0 Å². The smallest absolute Gasteiger partial charge is 0.281 e. The van der Waals surface area contributed by atoms with Crippen LogP contribution in [0.2, 0.25) is 0 Å². The van der Waals surface area contributed by atoms with E-state index < -0.39 is 0 Å². The molecular weight excluding hydrogens is 258 g/mol. The van der Waals surface area contributed by atoms with Gasteiger partial charge in [-0.3, -0.25) is 0 Å². The monoisotopic (exact) mass is 267 g/mol. The lowest BCUT2D eigenvalue weighted by Crippen LogP contribution is -2.37. The number of benzene rings is 2. The lowest BCUT2D eigenvalue weighted by Gasteiger charge is -2.03. The molecule has 7 nitrogen and oxygen atoms in total. The number of nitrogens with zero attached hydrogens (tertiary/aromatic N) is 5. The highest BCUT2D eigenvalue weighted by Crippen LogP contribution is 2.19. The van der Waals surface area contributed by atoms with Gasteiger partial charge in [-0.15, -0.1) is 4.85 Å². The first-order chi connectivity index (χ1) is 9.74. The summed E-state index contributed by atoms with van der Waals surface area (Å²) in [4.78, 5) is 2.02. The summed E-state index contributed by atoms with van der Waals surface area (Å²) in [6, 6.07) is 10.9. The minimum atomic E-state index is 0.425. The van der Waals surface area contributed by atoms with E-state index in [4.69, 9.17) is 0 Å². The Labute approximate surface area is 112 Å². The Hall–Kier alpha value is -2.96. The molecular formula is C13H9N5O2. The number of aromatic nitrogens is 5. The zero-order valence-electron chi connectivity index (χ0n) is 10.5. The van der Waals surface area contributed by atoms with Crippen LogP contribution in [0.1, 0.15) is 5.56 Å². The fraction of sp³-hybridized carbons (Fsp3) is 0.0769. The average Bonchev–Trinajstić information content (AvgIpc) is 3.04. The molecule has 0 unspecified atom stereocenters. The van der Waals surface area contributed by atoms with Gasteiger partial charge in [0, 0.05) is 0 Å². The highest BCUT2D eigenvalue weighted by Gasteiger charge is 2.21. The first-order valence-electron chi connectivity index (χ1n) is 6.05. The predicted molar refractivity (Wildman–Crippen MR) is 70.1 cm³/mol. The van der Waals surface area contributed by atoms with Gasteiger partial charge in [-0.1, -0.05) is 17.7 Å². The van der Waals surface area contributed by atoms with Crippen molar-refractivity contribution in [3.05, 3.63) is 47.2 Å². The van der Waals surface area contributed by atoms with E-state index >= 15 is 0 Å². The highest BCUT2D eigenvalue weighted by atomic mass is 16.6. The molecule has 2 heterocycles. The van der Waals surface area contributed by atoms with Gasteiger partial charge < -0.3 is 5.21 Å². The fourth-order valence-corrected chi connectivity index (χ4v) is 2.16. The lowest BCUT2D eigenvalue weighted by atomic mass is 10.2. The van der Waals surface area contributed by atoms with Crippen LogP contribution >= 0.6 is 0 Å². The molecule has 0 aliphatic rings. The number of hydrogen-bond acceptors (Lipinski definition) is 5. The van der Waals surface area contributed by atoms with Crippen molar-refractivity contribution in [2.75, 3.05) is 0 Å². The highest BCUT2D eigenvalue weighted by molar-refractivity contribution is 5.97. The van der Waals surface area contributed by atoms with Gasteiger partial charge >= 0.3 is 0 Å². The molecule has 0 saturated carbocycles. The third-order valence-corrected chi connectivity index (χ3v) is 3.22. The molecule has 0 N–H and O–H groups in total. The second-order valence-corrected chi connectivity index (χ2v) is 4.56. The van der Waals surface area contributed by atoms with Gasteiger partial charge in [-0.2, -0.15) is 0 Å². The summed E-state index contributed by atoms with van der Waals surface area (Å²) in [5.74, 6) is 0. The Balaban J connectivity index is 2.05. The summed E-state index contributed by atoms with van der Waals surface area (Å²) >= 11 is 0. The van der Waals surface area contributed by atoms with Crippen LogP contribution in [0.25, 0.3) is 27.8 Å². The Bertz CT molecular complexity index is 923. The molecule has 7 heteroatoms. The van der Waals surface area contributed by atoms with Crippen LogP contribution in [0.3, 0.4) is 0 Å². The van der Waals surface area contributed by atoms with E-state index in [9.17, 15) is 5.21 Å². The summed E-state index contributed by atoms with van der Waals surface area (Å²) in [7, 11) is 0. The number of fused-ring (bicyclic) bond motifs is 3. The molecule has 0 amide bonds. The lowest BCUT2D eigenvalue weighted by molar-refractivity contribution is -0.664. The minimum absolute atomic E-state index is 0.425. The Morgan fingerprint density at radius 2 is 1.85 bits per heavy atom. The van der Waals surface area contributed by atoms with Crippen LogP contribution in [0, 0.1) is 12.1 Å². The van der Waals surface area contributed by atoms with Crippen molar-refractivity contribution in [1.29, 1.82) is 0 Å². The molecule has 0 saturated heterocycles. The van der Waals surface area contributed by atoms with Crippen molar-refractivity contribution >= 4 is 22.1 Å². The van der Waals surface area contributed by atoms with Crippen LogP contribution in [-0.4, -0.2) is 20.2 Å². The summed E-state index contributed by atoms with van der Waals surface area (Å²) in [5, 5.41) is 24.2. The van der Waals surface area contributed by atoms with E-state index in [1.54, 1.807) is 12.1 Å². The second kappa shape index (κ2) is 3.77. The summed E-state index contributed by atoms with van der Waals surface area (Å²) in [6.07, 6.45) is 0. The molecule has 4 rings (SSSR count). The molecule has 2 aromatic carbocycles. The molecule has 2 aromatic heterocycles. The predicted octanol–water partition coefficient (Wildman–Crippen LogP) is 1.50. The number of aryl methyl sites for hydroxylation is 1. The minimum Gasteiger partial charge on any atom is -0.692 e. The second-order valence-electron chi connectivity index (χ2n) is 4.56. The van der Waals surface area contributed by atoms with Gasteiger partial charge in [-0.25, -0.2) is 4.63 Å². The zero-order chi connectivity index (χ0) is 13.7. The molecule has 0 spiro atoms. The molecule has 0 atom stereocenters. The van der Waals surface area contributed by atoms with Crippen molar-refractivity contribution in [2.24, 2.45) is 0 Å². The maximum atomic E-state index is 12.3. The first-order valence-corrected chi connectivity index (χ1v) is 6.05. The van der Waals surface area contributed by atoms with Crippen LogP contribution in [0.4, 0.5) is 0 Å². The van der Waals surface area contributed by atoms with Crippen molar-refractivity contribution in [1.82, 2.24) is 20.2 Å². The number of rotatable bonds is 1. The van der Waals surface area contributed by atoms with Gasteiger partial charge in [0.05, 0.1) is 5.10 Å². The Morgan fingerprint density at radius 3 is 2.65 bits per heavy atom. The first kappa shape index (κ1) is 10.9. The van der Waals surface area contributed by atoms with Gasteiger partial charge in [-0.05, 0) is 46.3 Å². The van der Waals surface area contributed by atoms with E-state index in [1.165, 1.54) is 4.80 Å². The normalized spacial score (nSPS) is 11.4. The summed E-state index contributed by atoms with van der Waals surface area (Å²) in [6.45, 7) is 1.99. The van der Waals surface area contributed by atoms with Gasteiger partial charge in [0.1, 0.15) is 11.2 Å². The van der Waals surface area contributed by atoms with Crippen LogP contribution in [-0.2, 0) is 0 Å².